The molecule has 1 unspecified atom stereocenters. The number of carboxylic acid groups (broad SMARTS) is 1. The molecule has 0 radical (unpaired) electrons. The van der Waals surface area contributed by atoms with E-state index in [2.05, 4.69) is 10.6 Å². The molecule has 2 amide bonds. The lowest BCUT2D eigenvalue weighted by Crippen LogP contribution is -2.35. The van der Waals surface area contributed by atoms with Crippen LogP contribution in [-0.2, 0) is 4.79 Å². The van der Waals surface area contributed by atoms with Gasteiger partial charge in [-0.1, -0.05) is 12.1 Å². The van der Waals surface area contributed by atoms with Gasteiger partial charge in [0.05, 0.1) is 5.92 Å². The van der Waals surface area contributed by atoms with E-state index in [1.807, 2.05) is 0 Å². The van der Waals surface area contributed by atoms with Gasteiger partial charge in [-0.05, 0) is 24.6 Å². The van der Waals surface area contributed by atoms with Gasteiger partial charge in [-0.2, -0.15) is 0 Å². The molecule has 0 aliphatic rings. The third-order valence-electron chi connectivity index (χ3n) is 2.49. The number of aromatic hydroxyl groups is 1. The van der Waals surface area contributed by atoms with Crippen LogP contribution in [0.5, 0.6) is 5.75 Å². The second-order valence-electron chi connectivity index (χ2n) is 3.84. The fraction of sp³-hybridized carbons (Fsp3) is 0.333. The minimum Gasteiger partial charge on any atom is -0.508 e. The molecule has 0 heterocycles. The van der Waals surface area contributed by atoms with Gasteiger partial charge in [0.15, 0.2) is 0 Å². The average Bonchev–Trinajstić information content (AvgIpc) is 2.34. The molecular weight excluding hydrogens is 236 g/mol. The van der Waals surface area contributed by atoms with Crippen molar-refractivity contribution < 1.29 is 19.8 Å². The first-order chi connectivity index (χ1) is 8.50. The van der Waals surface area contributed by atoms with E-state index < -0.39 is 6.09 Å². The van der Waals surface area contributed by atoms with Gasteiger partial charge >= 0.3 is 6.09 Å². The Morgan fingerprint density at radius 2 is 1.72 bits per heavy atom. The van der Waals surface area contributed by atoms with E-state index in [9.17, 15) is 9.59 Å². The number of phenolic OH excluding ortho intramolecular Hbond substituents is 1. The summed E-state index contributed by atoms with van der Waals surface area (Å²) >= 11 is 0. The summed E-state index contributed by atoms with van der Waals surface area (Å²) in [4.78, 5) is 21.9. The molecule has 1 atom stereocenters. The zero-order valence-electron chi connectivity index (χ0n) is 10.0. The van der Waals surface area contributed by atoms with E-state index in [1.165, 1.54) is 12.1 Å². The second-order valence-corrected chi connectivity index (χ2v) is 3.84. The summed E-state index contributed by atoms with van der Waals surface area (Å²) in [6.07, 6.45) is -1.11. The molecule has 0 saturated heterocycles. The van der Waals surface area contributed by atoms with Crippen LogP contribution in [0.3, 0.4) is 0 Å². The van der Waals surface area contributed by atoms with Crippen molar-refractivity contribution in [2.75, 3.05) is 13.1 Å². The Morgan fingerprint density at radius 1 is 1.17 bits per heavy atom. The Kier molecular flexibility index (Phi) is 4.98. The Balaban J connectivity index is 2.41. The first-order valence-electron chi connectivity index (χ1n) is 5.54. The Morgan fingerprint density at radius 3 is 2.28 bits per heavy atom. The summed E-state index contributed by atoms with van der Waals surface area (Å²) in [7, 11) is 0. The smallest absolute Gasteiger partial charge is 0.404 e. The van der Waals surface area contributed by atoms with Crippen LogP contribution in [-0.4, -0.2) is 35.3 Å². The van der Waals surface area contributed by atoms with Gasteiger partial charge in [-0.3, -0.25) is 4.79 Å². The molecule has 0 aliphatic heterocycles. The van der Waals surface area contributed by atoms with Crippen LogP contribution in [0, 0.1) is 0 Å². The lowest BCUT2D eigenvalue weighted by atomic mass is 10.0. The highest BCUT2D eigenvalue weighted by Crippen LogP contribution is 2.18. The summed E-state index contributed by atoms with van der Waals surface area (Å²) in [6, 6.07) is 6.39. The van der Waals surface area contributed by atoms with Crippen molar-refractivity contribution in [3.05, 3.63) is 29.8 Å². The zero-order valence-corrected chi connectivity index (χ0v) is 10.0. The van der Waals surface area contributed by atoms with Crippen LogP contribution in [0.4, 0.5) is 4.79 Å². The van der Waals surface area contributed by atoms with Crippen LogP contribution in [0.2, 0.25) is 0 Å². The van der Waals surface area contributed by atoms with Crippen LogP contribution in [0.15, 0.2) is 24.3 Å². The number of nitrogens with one attached hydrogen (secondary N) is 2. The summed E-state index contributed by atoms with van der Waals surface area (Å²) in [6.45, 7) is 2.16. The van der Waals surface area contributed by atoms with Crippen molar-refractivity contribution in [2.24, 2.45) is 0 Å². The molecular formula is C12H16N2O4. The van der Waals surface area contributed by atoms with E-state index >= 15 is 0 Å². The molecule has 1 aromatic rings. The van der Waals surface area contributed by atoms with Crippen molar-refractivity contribution in [1.82, 2.24) is 10.6 Å². The fourth-order valence-corrected chi connectivity index (χ4v) is 1.42. The minimum absolute atomic E-state index is 0.150. The van der Waals surface area contributed by atoms with E-state index in [1.54, 1.807) is 19.1 Å². The number of hydrogen-bond donors (Lipinski definition) is 4. The predicted octanol–water partition coefficient (Wildman–Crippen LogP) is 0.879. The average molecular weight is 252 g/mol. The summed E-state index contributed by atoms with van der Waals surface area (Å²) in [5.41, 5.74) is 0.788. The van der Waals surface area contributed by atoms with Gasteiger partial charge in [-0.25, -0.2) is 4.79 Å². The van der Waals surface area contributed by atoms with Gasteiger partial charge in [0.2, 0.25) is 5.91 Å². The summed E-state index contributed by atoms with van der Waals surface area (Å²) in [5.74, 6) is -0.389. The first kappa shape index (κ1) is 13.8. The minimum atomic E-state index is -1.11. The lowest BCUT2D eigenvalue weighted by Gasteiger charge is -2.12. The maximum atomic E-state index is 11.7. The highest BCUT2D eigenvalue weighted by atomic mass is 16.4. The number of benzene rings is 1. The first-order valence-corrected chi connectivity index (χ1v) is 5.54. The molecule has 18 heavy (non-hydrogen) atoms. The quantitative estimate of drug-likeness (QED) is 0.584. The maximum Gasteiger partial charge on any atom is 0.404 e. The monoisotopic (exact) mass is 252 g/mol. The van der Waals surface area contributed by atoms with Gasteiger partial charge < -0.3 is 20.8 Å². The molecule has 0 bridgehead atoms. The van der Waals surface area contributed by atoms with Gasteiger partial charge in [0.1, 0.15) is 5.75 Å². The molecule has 4 N–H and O–H groups in total. The van der Waals surface area contributed by atoms with E-state index in [0.717, 1.165) is 5.56 Å². The molecule has 1 rings (SSSR count). The third-order valence-corrected chi connectivity index (χ3v) is 2.49. The zero-order chi connectivity index (χ0) is 13.5. The Hall–Kier alpha value is -2.24. The lowest BCUT2D eigenvalue weighted by molar-refractivity contribution is -0.122. The van der Waals surface area contributed by atoms with Crippen molar-refractivity contribution in [1.29, 1.82) is 0 Å². The van der Waals surface area contributed by atoms with Crippen LogP contribution in [0.1, 0.15) is 18.4 Å². The standard InChI is InChI=1S/C12H16N2O4/c1-8(9-2-4-10(15)5-3-9)11(16)13-6-7-14-12(17)18/h2-5,8,14-15H,6-7H2,1H3,(H,13,16)(H,17,18). The highest BCUT2D eigenvalue weighted by Gasteiger charge is 2.14. The molecule has 0 aliphatic carbocycles. The number of phenols is 1. The fourth-order valence-electron chi connectivity index (χ4n) is 1.42. The number of carbonyl (C=O) groups is 2. The molecule has 0 fully saturated rings. The molecule has 1 aromatic carbocycles. The third kappa shape index (κ3) is 4.32. The number of hydrogen-bond acceptors (Lipinski definition) is 3. The number of amides is 2. The molecule has 0 saturated carbocycles. The van der Waals surface area contributed by atoms with Gasteiger partial charge in [-0.15, -0.1) is 0 Å². The van der Waals surface area contributed by atoms with Crippen LogP contribution < -0.4 is 10.6 Å². The molecule has 6 heteroatoms. The topological polar surface area (TPSA) is 98.7 Å². The largest absolute Gasteiger partial charge is 0.508 e. The normalized spacial score (nSPS) is 11.6. The van der Waals surface area contributed by atoms with E-state index in [-0.39, 0.29) is 30.7 Å². The SMILES string of the molecule is CC(C(=O)NCCNC(=O)O)c1ccc(O)cc1. The van der Waals surface area contributed by atoms with Gasteiger partial charge in [0.25, 0.3) is 0 Å². The molecule has 0 aromatic heterocycles. The number of carbonyl (C=O) groups excluding carboxylic acids is 1. The van der Waals surface area contributed by atoms with Crippen molar-refractivity contribution in [3.63, 3.8) is 0 Å². The maximum absolute atomic E-state index is 11.7. The Bertz CT molecular complexity index is 417. The van der Waals surface area contributed by atoms with Crippen LogP contribution >= 0.6 is 0 Å². The number of rotatable bonds is 5. The van der Waals surface area contributed by atoms with Gasteiger partial charge in [0, 0.05) is 13.1 Å². The summed E-state index contributed by atoms with van der Waals surface area (Å²) in [5, 5.41) is 22.3. The molecule has 98 valence electrons. The van der Waals surface area contributed by atoms with Crippen molar-refractivity contribution in [2.45, 2.75) is 12.8 Å². The van der Waals surface area contributed by atoms with Crippen LogP contribution in [0.25, 0.3) is 0 Å². The molecule has 0 spiro atoms. The summed E-state index contributed by atoms with van der Waals surface area (Å²) < 4.78 is 0. The Labute approximate surface area is 105 Å². The van der Waals surface area contributed by atoms with E-state index in [0.29, 0.717) is 0 Å². The molecule has 6 nitrogen and oxygen atoms in total. The van der Waals surface area contributed by atoms with Crippen molar-refractivity contribution in [3.8, 4) is 5.75 Å². The van der Waals surface area contributed by atoms with E-state index in [4.69, 9.17) is 10.2 Å². The van der Waals surface area contributed by atoms with Crippen molar-refractivity contribution >= 4 is 12.0 Å². The predicted molar refractivity (Wildman–Crippen MR) is 65.6 cm³/mol. The second kappa shape index (κ2) is 6.48. The highest BCUT2D eigenvalue weighted by molar-refractivity contribution is 5.83.